The minimum absolute atomic E-state index is 0.0275. The average Bonchev–Trinajstić information content (AvgIpc) is 2.70. The highest BCUT2D eigenvalue weighted by molar-refractivity contribution is 6.25. The molecule has 0 saturated heterocycles. The normalized spacial score (nSPS) is 30.2. The maximum absolute atomic E-state index is 13.3. The quantitative estimate of drug-likeness (QED) is 0.425. The Morgan fingerprint density at radius 2 is 1.87 bits per heavy atom. The Morgan fingerprint density at radius 1 is 1.19 bits per heavy atom. The zero-order valence-electron chi connectivity index (χ0n) is 17.3. The second-order valence-corrected chi connectivity index (χ2v) is 8.49. The number of fused-ring (bicyclic) bond motifs is 3. The smallest absolute Gasteiger partial charge is 0.258 e. The van der Waals surface area contributed by atoms with Crippen LogP contribution in [0, 0.1) is 11.8 Å². The molecule has 0 bridgehead atoms. The summed E-state index contributed by atoms with van der Waals surface area (Å²) in [4.78, 5) is 40.4. The Bertz CT molecular complexity index is 1090. The van der Waals surface area contributed by atoms with Gasteiger partial charge in [0.15, 0.2) is 11.4 Å². The molecule has 164 valence electrons. The van der Waals surface area contributed by atoms with Crippen molar-refractivity contribution in [3.63, 3.8) is 0 Å². The van der Waals surface area contributed by atoms with Gasteiger partial charge in [0, 0.05) is 18.5 Å². The molecule has 0 fully saturated rings. The molecule has 3 aliphatic rings. The predicted octanol–water partition coefficient (Wildman–Crippen LogP) is 0.381. The number of nitrogens with one attached hydrogen (secondary N) is 1. The van der Waals surface area contributed by atoms with E-state index < -0.39 is 58.0 Å². The lowest BCUT2D eigenvalue weighted by molar-refractivity contribution is -0.148. The van der Waals surface area contributed by atoms with Crippen LogP contribution in [0.4, 0.5) is 0 Å². The Labute approximate surface area is 178 Å². The van der Waals surface area contributed by atoms with Crippen LogP contribution >= 0.6 is 0 Å². The van der Waals surface area contributed by atoms with Crippen molar-refractivity contribution in [3.05, 3.63) is 52.0 Å². The molecular weight excluding hydrogens is 404 g/mol. The molecular formula is C22H24N2O7. The Kier molecular flexibility index (Phi) is 4.71. The van der Waals surface area contributed by atoms with Gasteiger partial charge in [-0.1, -0.05) is 12.1 Å². The molecule has 4 rings (SSSR count). The molecule has 0 saturated carbocycles. The van der Waals surface area contributed by atoms with E-state index in [1.54, 1.807) is 31.1 Å². The second kappa shape index (κ2) is 6.93. The van der Waals surface area contributed by atoms with E-state index in [1.807, 2.05) is 0 Å². The van der Waals surface area contributed by atoms with Gasteiger partial charge in [0.2, 0.25) is 5.78 Å². The number of benzene rings is 1. The summed E-state index contributed by atoms with van der Waals surface area (Å²) in [6, 6.07) is 3.73. The summed E-state index contributed by atoms with van der Waals surface area (Å²) in [5.74, 6) is -5.81. The highest BCUT2D eigenvalue weighted by Crippen LogP contribution is 2.52. The van der Waals surface area contributed by atoms with Gasteiger partial charge in [0.1, 0.15) is 22.8 Å². The van der Waals surface area contributed by atoms with Gasteiger partial charge in [-0.3, -0.25) is 19.3 Å². The van der Waals surface area contributed by atoms with Gasteiger partial charge in [-0.2, -0.15) is 0 Å². The Morgan fingerprint density at radius 3 is 2.48 bits per heavy atom. The summed E-state index contributed by atoms with van der Waals surface area (Å²) < 4.78 is 0. The van der Waals surface area contributed by atoms with Crippen molar-refractivity contribution in [2.45, 2.75) is 24.5 Å². The fourth-order valence-electron chi connectivity index (χ4n) is 5.29. The van der Waals surface area contributed by atoms with Crippen molar-refractivity contribution in [1.29, 1.82) is 0 Å². The number of aliphatic hydroxyl groups excluding tert-OH is 2. The van der Waals surface area contributed by atoms with E-state index in [-0.39, 0.29) is 23.3 Å². The van der Waals surface area contributed by atoms with Crippen LogP contribution in [0.1, 0.15) is 22.3 Å². The molecule has 2 unspecified atom stereocenters. The van der Waals surface area contributed by atoms with Crippen molar-refractivity contribution in [1.82, 2.24) is 10.2 Å². The SMILES string of the molecule is CNC(=O)C1=C(O)[C@@H](N(C)C)C2CC3Cc4cccc(O)c4C(=O)C3=C(O)[C@]2(O)C1=O. The number of likely N-dealkylation sites (N-methyl/N-ethyl adjacent to an activating group) is 2. The number of aliphatic hydroxyl groups is 3. The summed E-state index contributed by atoms with van der Waals surface area (Å²) in [6.45, 7) is 0. The van der Waals surface area contributed by atoms with Gasteiger partial charge in [-0.15, -0.1) is 0 Å². The fourth-order valence-corrected chi connectivity index (χ4v) is 5.29. The highest BCUT2D eigenvalue weighted by atomic mass is 16.3. The molecule has 0 aromatic heterocycles. The van der Waals surface area contributed by atoms with Crippen LogP contribution in [-0.2, 0) is 16.0 Å². The van der Waals surface area contributed by atoms with Crippen molar-refractivity contribution < 1.29 is 34.8 Å². The number of phenolic OH excluding ortho intramolecular Hbond substituents is 1. The van der Waals surface area contributed by atoms with Crippen molar-refractivity contribution in [3.8, 4) is 5.75 Å². The first-order chi connectivity index (χ1) is 14.5. The number of hydrogen-bond donors (Lipinski definition) is 5. The van der Waals surface area contributed by atoms with E-state index in [0.717, 1.165) is 0 Å². The van der Waals surface area contributed by atoms with Gasteiger partial charge in [0.25, 0.3) is 5.91 Å². The summed E-state index contributed by atoms with van der Waals surface area (Å²) >= 11 is 0. The third-order valence-corrected chi connectivity index (χ3v) is 6.67. The molecule has 5 N–H and O–H groups in total. The highest BCUT2D eigenvalue weighted by Gasteiger charge is 2.63. The minimum atomic E-state index is -2.56. The molecule has 1 aromatic rings. The van der Waals surface area contributed by atoms with E-state index in [9.17, 15) is 34.8 Å². The monoisotopic (exact) mass is 428 g/mol. The van der Waals surface area contributed by atoms with Crippen LogP contribution < -0.4 is 5.32 Å². The molecule has 9 nitrogen and oxygen atoms in total. The first-order valence-electron chi connectivity index (χ1n) is 9.93. The van der Waals surface area contributed by atoms with E-state index >= 15 is 0 Å². The van der Waals surface area contributed by atoms with Gasteiger partial charge in [-0.05, 0) is 44.5 Å². The van der Waals surface area contributed by atoms with Gasteiger partial charge in [0.05, 0.1) is 11.6 Å². The van der Waals surface area contributed by atoms with Crippen LogP contribution in [0.25, 0.3) is 0 Å². The minimum Gasteiger partial charge on any atom is -0.510 e. The second-order valence-electron chi connectivity index (χ2n) is 8.49. The third-order valence-electron chi connectivity index (χ3n) is 6.67. The van der Waals surface area contributed by atoms with Gasteiger partial charge >= 0.3 is 0 Å². The third kappa shape index (κ3) is 2.66. The van der Waals surface area contributed by atoms with Crippen molar-refractivity contribution in [2.75, 3.05) is 21.1 Å². The number of carbonyl (C=O) groups is 3. The number of nitrogens with zero attached hydrogens (tertiary/aromatic N) is 1. The summed E-state index contributed by atoms with van der Waals surface area (Å²) in [5.41, 5.74) is -2.73. The molecule has 3 aliphatic carbocycles. The summed E-state index contributed by atoms with van der Waals surface area (Å²) in [5, 5.41) is 45.9. The standard InChI is InChI=1S/C22H24N2O7/c1-23-21(30)15-18(27)16(24(2)3)11-8-10-7-9-5-4-6-12(25)13(9)17(26)14(10)19(28)22(11,31)20(15)29/h4-6,10-11,16,25,27-28,31H,7-8H2,1-3H3,(H,23,30)/t10?,11?,16-,22-/m0/s1. The van der Waals surface area contributed by atoms with Gasteiger partial charge < -0.3 is 25.7 Å². The van der Waals surface area contributed by atoms with E-state index in [4.69, 9.17) is 0 Å². The number of rotatable bonds is 2. The summed E-state index contributed by atoms with van der Waals surface area (Å²) in [7, 11) is 4.51. The molecule has 1 amide bonds. The first kappa shape index (κ1) is 21.1. The van der Waals surface area contributed by atoms with Crippen molar-refractivity contribution >= 4 is 17.5 Å². The van der Waals surface area contributed by atoms with E-state index in [1.165, 1.54) is 13.1 Å². The zero-order valence-corrected chi connectivity index (χ0v) is 17.3. The lowest BCUT2D eigenvalue weighted by Crippen LogP contribution is -2.63. The number of allylic oxidation sites excluding steroid dienone is 1. The predicted molar refractivity (Wildman–Crippen MR) is 109 cm³/mol. The number of ketones is 2. The first-order valence-corrected chi connectivity index (χ1v) is 9.93. The Hall–Kier alpha value is -3.17. The van der Waals surface area contributed by atoms with Crippen LogP contribution in [0.3, 0.4) is 0 Å². The summed E-state index contributed by atoms with van der Waals surface area (Å²) in [6.07, 6.45) is 0.416. The lowest BCUT2D eigenvalue weighted by Gasteiger charge is -2.50. The molecule has 1 aromatic carbocycles. The largest absolute Gasteiger partial charge is 0.510 e. The zero-order chi connectivity index (χ0) is 22.8. The molecule has 0 aliphatic heterocycles. The maximum Gasteiger partial charge on any atom is 0.258 e. The van der Waals surface area contributed by atoms with Gasteiger partial charge in [-0.25, -0.2) is 0 Å². The Balaban J connectivity index is 1.96. The maximum atomic E-state index is 13.3. The fraction of sp³-hybridized carbons (Fsp3) is 0.409. The number of amides is 1. The van der Waals surface area contributed by atoms with E-state index in [0.29, 0.717) is 12.0 Å². The number of Topliss-reactive ketones (excluding diaryl/α,β-unsaturated/α-hetero) is 2. The van der Waals surface area contributed by atoms with Crippen molar-refractivity contribution in [2.24, 2.45) is 11.8 Å². The van der Waals surface area contributed by atoms with Crippen LogP contribution in [0.5, 0.6) is 5.75 Å². The number of phenols is 1. The average molecular weight is 428 g/mol. The molecule has 31 heavy (non-hydrogen) atoms. The number of carbonyl (C=O) groups excluding carboxylic acids is 3. The number of aromatic hydroxyl groups is 1. The lowest BCUT2D eigenvalue weighted by atomic mass is 9.58. The molecule has 0 heterocycles. The number of hydrogen-bond acceptors (Lipinski definition) is 8. The molecule has 0 spiro atoms. The van der Waals surface area contributed by atoms with Crippen LogP contribution in [-0.4, -0.2) is 75.6 Å². The molecule has 9 heteroatoms. The van der Waals surface area contributed by atoms with Crippen LogP contribution in [0.15, 0.2) is 40.9 Å². The molecule has 0 radical (unpaired) electrons. The van der Waals surface area contributed by atoms with E-state index in [2.05, 4.69) is 5.32 Å². The topological polar surface area (TPSA) is 147 Å². The van der Waals surface area contributed by atoms with Crippen LogP contribution in [0.2, 0.25) is 0 Å². The molecule has 4 atom stereocenters.